The number of hydrogen-bond acceptors (Lipinski definition) is 7. The Labute approximate surface area is 260 Å². The molecule has 0 aliphatic rings. The van der Waals surface area contributed by atoms with Gasteiger partial charge in [-0.15, -0.1) is 0 Å². The summed E-state index contributed by atoms with van der Waals surface area (Å²) in [5, 5.41) is 10.5. The van der Waals surface area contributed by atoms with Gasteiger partial charge in [0.25, 0.3) is 0 Å². The number of carbonyl (C=O) groups excluding carboxylic acids is 2. The first-order valence-corrected chi connectivity index (χ1v) is 17.7. The average molecular weight is 599 g/mol. The Morgan fingerprint density at radius 3 is 1.48 bits per heavy atom. The number of carbonyl (C=O) groups is 2. The smallest absolute Gasteiger partial charge is 0.305 e. The molecule has 0 aromatic heterocycles. The second-order valence-electron chi connectivity index (χ2n) is 12.5. The fourth-order valence-corrected chi connectivity index (χ4v) is 5.22. The molecule has 0 heterocycles. The Hall–Kier alpha value is -1.18. The molecule has 0 saturated heterocycles. The molecule has 250 valence electrons. The minimum atomic E-state index is -0.717. The highest BCUT2D eigenvalue weighted by molar-refractivity contribution is 5.69. The molecule has 0 fully saturated rings. The van der Waals surface area contributed by atoms with E-state index in [1.54, 1.807) is 0 Å². The van der Waals surface area contributed by atoms with Crippen molar-refractivity contribution in [3.63, 3.8) is 0 Å². The lowest BCUT2D eigenvalue weighted by Gasteiger charge is -2.25. The highest BCUT2D eigenvalue weighted by atomic mass is 16.5. The molecule has 0 saturated carbocycles. The third-order valence-corrected chi connectivity index (χ3v) is 7.84. The van der Waals surface area contributed by atoms with Crippen molar-refractivity contribution in [2.24, 2.45) is 0 Å². The number of aliphatic hydroxyl groups excluding tert-OH is 1. The molecule has 0 aliphatic heterocycles. The van der Waals surface area contributed by atoms with Crippen LogP contribution in [0.15, 0.2) is 0 Å². The molecule has 0 rings (SSSR count). The van der Waals surface area contributed by atoms with Gasteiger partial charge < -0.3 is 24.4 Å². The number of aliphatic hydroxyl groups is 1. The van der Waals surface area contributed by atoms with Crippen molar-refractivity contribution in [1.82, 2.24) is 9.80 Å². The van der Waals surface area contributed by atoms with E-state index in [0.717, 1.165) is 58.2 Å². The molecule has 0 spiro atoms. The number of ether oxygens (including phenoxy) is 2. The summed E-state index contributed by atoms with van der Waals surface area (Å²) in [6.07, 6.45) is 24.0. The van der Waals surface area contributed by atoms with Gasteiger partial charge in [-0.2, -0.15) is 0 Å². The first-order valence-electron chi connectivity index (χ1n) is 17.7. The summed E-state index contributed by atoms with van der Waals surface area (Å²) in [4.78, 5) is 28.6. The molecule has 0 bridgehead atoms. The first kappa shape index (κ1) is 40.8. The van der Waals surface area contributed by atoms with Crippen molar-refractivity contribution in [2.75, 3.05) is 53.5 Å². The SMILES string of the molecule is CCCCCCCCCCCC(=O)OCCCN(CCCN(C)C)CC(O)COC(=O)CCCCCCCCCCC. The predicted octanol–water partition coefficient (Wildman–Crippen LogP) is 7.92. The van der Waals surface area contributed by atoms with Gasteiger partial charge in [0.2, 0.25) is 0 Å². The summed E-state index contributed by atoms with van der Waals surface area (Å²) < 4.78 is 10.8. The topological polar surface area (TPSA) is 79.3 Å². The number of esters is 2. The van der Waals surface area contributed by atoms with Crippen molar-refractivity contribution in [3.8, 4) is 0 Å². The Morgan fingerprint density at radius 2 is 1.00 bits per heavy atom. The number of hydrogen-bond donors (Lipinski definition) is 1. The van der Waals surface area contributed by atoms with Crippen LogP contribution in [0.2, 0.25) is 0 Å². The monoisotopic (exact) mass is 599 g/mol. The Morgan fingerprint density at radius 1 is 0.571 bits per heavy atom. The van der Waals surface area contributed by atoms with Gasteiger partial charge in [0.15, 0.2) is 0 Å². The molecule has 7 nitrogen and oxygen atoms in total. The summed E-state index contributed by atoms with van der Waals surface area (Å²) in [7, 11) is 4.11. The Bertz CT molecular complexity index is 602. The predicted molar refractivity (Wildman–Crippen MR) is 176 cm³/mol. The molecule has 0 aliphatic carbocycles. The maximum atomic E-state index is 12.1. The fraction of sp³-hybridized carbons (Fsp3) is 0.943. The van der Waals surface area contributed by atoms with Gasteiger partial charge in [-0.05, 0) is 52.9 Å². The Kier molecular flexibility index (Phi) is 30.4. The summed E-state index contributed by atoms with van der Waals surface area (Å²) in [6, 6.07) is 0. The van der Waals surface area contributed by atoms with Gasteiger partial charge in [0.05, 0.1) is 6.61 Å². The van der Waals surface area contributed by atoms with Crippen LogP contribution < -0.4 is 0 Å². The fourth-order valence-electron chi connectivity index (χ4n) is 5.22. The van der Waals surface area contributed by atoms with Crippen LogP contribution in [-0.2, 0) is 19.1 Å². The number of unbranched alkanes of at least 4 members (excludes halogenated alkanes) is 16. The van der Waals surface area contributed by atoms with E-state index < -0.39 is 6.10 Å². The minimum absolute atomic E-state index is 0.0359. The van der Waals surface area contributed by atoms with Gasteiger partial charge in [0, 0.05) is 25.9 Å². The molecule has 1 N–H and O–H groups in total. The van der Waals surface area contributed by atoms with Crippen molar-refractivity contribution in [1.29, 1.82) is 0 Å². The van der Waals surface area contributed by atoms with Crippen molar-refractivity contribution < 1.29 is 24.2 Å². The van der Waals surface area contributed by atoms with Crippen molar-refractivity contribution in [2.45, 2.75) is 161 Å². The minimum Gasteiger partial charge on any atom is -0.466 e. The van der Waals surface area contributed by atoms with E-state index in [1.807, 2.05) is 0 Å². The molecule has 42 heavy (non-hydrogen) atoms. The summed E-state index contributed by atoms with van der Waals surface area (Å²) in [6.45, 7) is 7.92. The molecule has 0 radical (unpaired) electrons. The van der Waals surface area contributed by atoms with Crippen LogP contribution in [0.4, 0.5) is 0 Å². The van der Waals surface area contributed by atoms with Gasteiger partial charge in [-0.25, -0.2) is 0 Å². The Balaban J connectivity index is 4.05. The second-order valence-corrected chi connectivity index (χ2v) is 12.5. The first-order chi connectivity index (χ1) is 20.4. The summed E-state index contributed by atoms with van der Waals surface area (Å²) in [5.74, 6) is -0.314. The van der Waals surface area contributed by atoms with Crippen LogP contribution >= 0.6 is 0 Å². The van der Waals surface area contributed by atoms with Gasteiger partial charge in [-0.3, -0.25) is 9.59 Å². The molecule has 1 atom stereocenters. The molecular formula is C35H70N2O5. The van der Waals surface area contributed by atoms with E-state index in [9.17, 15) is 14.7 Å². The molecule has 0 amide bonds. The van der Waals surface area contributed by atoms with Crippen LogP contribution in [0.5, 0.6) is 0 Å². The maximum Gasteiger partial charge on any atom is 0.305 e. The zero-order valence-electron chi connectivity index (χ0n) is 28.4. The third-order valence-electron chi connectivity index (χ3n) is 7.84. The maximum absolute atomic E-state index is 12.1. The third kappa shape index (κ3) is 30.3. The zero-order chi connectivity index (χ0) is 31.1. The van der Waals surface area contributed by atoms with Crippen LogP contribution in [-0.4, -0.2) is 86.4 Å². The summed E-state index contributed by atoms with van der Waals surface area (Å²) in [5.41, 5.74) is 0. The van der Waals surface area contributed by atoms with E-state index in [1.165, 1.54) is 89.9 Å². The van der Waals surface area contributed by atoms with E-state index in [0.29, 0.717) is 26.0 Å². The number of nitrogens with zero attached hydrogens (tertiary/aromatic N) is 2. The second kappa shape index (κ2) is 31.3. The van der Waals surface area contributed by atoms with E-state index >= 15 is 0 Å². The van der Waals surface area contributed by atoms with E-state index in [2.05, 4.69) is 37.7 Å². The molecule has 0 aromatic rings. The molecular weight excluding hydrogens is 528 g/mol. The highest BCUT2D eigenvalue weighted by Crippen LogP contribution is 2.12. The van der Waals surface area contributed by atoms with Gasteiger partial charge in [-0.1, -0.05) is 117 Å². The van der Waals surface area contributed by atoms with E-state index in [-0.39, 0.29) is 18.5 Å². The normalized spacial score (nSPS) is 12.3. The summed E-state index contributed by atoms with van der Waals surface area (Å²) >= 11 is 0. The zero-order valence-corrected chi connectivity index (χ0v) is 28.4. The lowest BCUT2D eigenvalue weighted by Crippen LogP contribution is -2.38. The standard InChI is InChI=1S/C35H70N2O5/c1-5-7-9-11-13-15-17-19-21-25-34(39)41-30-24-29-37(28-23-27-36(3)4)31-33(38)32-42-35(40)26-22-20-18-16-14-12-10-8-6-2/h33,38H,5-32H2,1-4H3. The van der Waals surface area contributed by atoms with Crippen LogP contribution in [0, 0.1) is 0 Å². The molecule has 0 aromatic carbocycles. The average Bonchev–Trinajstić information content (AvgIpc) is 2.96. The van der Waals surface area contributed by atoms with Crippen LogP contribution in [0.1, 0.15) is 155 Å². The lowest BCUT2D eigenvalue weighted by atomic mass is 10.1. The molecule has 7 heteroatoms. The lowest BCUT2D eigenvalue weighted by molar-refractivity contribution is -0.147. The van der Waals surface area contributed by atoms with Gasteiger partial charge >= 0.3 is 11.9 Å². The van der Waals surface area contributed by atoms with Crippen molar-refractivity contribution in [3.05, 3.63) is 0 Å². The highest BCUT2D eigenvalue weighted by Gasteiger charge is 2.15. The van der Waals surface area contributed by atoms with Crippen molar-refractivity contribution >= 4 is 11.9 Å². The van der Waals surface area contributed by atoms with Gasteiger partial charge in [0.1, 0.15) is 12.7 Å². The number of rotatable bonds is 32. The van der Waals surface area contributed by atoms with E-state index in [4.69, 9.17) is 9.47 Å². The van der Waals surface area contributed by atoms with Crippen LogP contribution in [0.25, 0.3) is 0 Å². The quantitative estimate of drug-likeness (QED) is 0.0622. The van der Waals surface area contributed by atoms with Crippen LogP contribution in [0.3, 0.4) is 0 Å². The molecule has 1 unspecified atom stereocenters. The largest absolute Gasteiger partial charge is 0.466 e.